The molecule has 16 heteroatoms. The highest BCUT2D eigenvalue weighted by Crippen LogP contribution is 2.38. The third-order valence-corrected chi connectivity index (χ3v) is 9.03. The van der Waals surface area contributed by atoms with Gasteiger partial charge in [0.2, 0.25) is 5.75 Å². The fourth-order valence-corrected chi connectivity index (χ4v) is 6.92. The number of allylic oxidation sites excluding steroid dienone is 1. The summed E-state index contributed by atoms with van der Waals surface area (Å²) in [7, 11) is 1.49. The van der Waals surface area contributed by atoms with Crippen molar-refractivity contribution in [3.05, 3.63) is 127 Å². The van der Waals surface area contributed by atoms with Gasteiger partial charge in [-0.05, 0) is 96.7 Å². The number of nitro benzene ring substituents is 2. The Morgan fingerprint density at radius 2 is 1.80 bits per heavy atom. The van der Waals surface area contributed by atoms with Crippen molar-refractivity contribution in [3.8, 4) is 17.2 Å². The van der Waals surface area contributed by atoms with Crippen molar-refractivity contribution in [1.29, 1.82) is 0 Å². The number of nitrogens with zero attached hydrogens (tertiary/aromatic N) is 4. The molecule has 0 unspecified atom stereocenters. The molecule has 0 spiro atoms. The molecule has 1 aromatic heterocycles. The van der Waals surface area contributed by atoms with Crippen LogP contribution in [0.2, 0.25) is 0 Å². The minimum atomic E-state index is -0.925. The van der Waals surface area contributed by atoms with E-state index in [1.165, 1.54) is 48.1 Å². The van der Waals surface area contributed by atoms with Crippen molar-refractivity contribution in [2.24, 2.45) is 4.99 Å². The lowest BCUT2D eigenvalue weighted by Crippen LogP contribution is -2.40. The Balaban J connectivity index is 1.59. The Bertz CT molecular complexity index is 2210. The molecule has 1 atom stereocenters. The molecule has 0 amide bonds. The van der Waals surface area contributed by atoms with E-state index in [0.717, 1.165) is 11.3 Å². The first-order chi connectivity index (χ1) is 23.8. The third kappa shape index (κ3) is 7.45. The maximum Gasteiger partial charge on any atom is 0.338 e. The molecule has 0 saturated heterocycles. The van der Waals surface area contributed by atoms with E-state index in [1.54, 1.807) is 38.1 Å². The zero-order valence-electron chi connectivity index (χ0n) is 27.5. The quantitative estimate of drug-likeness (QED) is 0.0981. The van der Waals surface area contributed by atoms with E-state index in [4.69, 9.17) is 18.9 Å². The normalized spacial score (nSPS) is 14.2. The molecule has 1 aliphatic heterocycles. The molecule has 3 aromatic carbocycles. The summed E-state index contributed by atoms with van der Waals surface area (Å²) in [6, 6.07) is 12.7. The minimum absolute atomic E-state index is 0.0551. The molecule has 1 aliphatic rings. The highest BCUT2D eigenvalue weighted by Gasteiger charge is 2.34. The number of benzene rings is 3. The number of halogens is 1. The number of ether oxygens (including phenoxy) is 4. The summed E-state index contributed by atoms with van der Waals surface area (Å²) >= 11 is 4.43. The number of carbonyl (C=O) groups excluding carboxylic acids is 1. The number of esters is 1. The lowest BCUT2D eigenvalue weighted by molar-refractivity contribution is -0.386. The summed E-state index contributed by atoms with van der Waals surface area (Å²) in [5, 5.41) is 23.1. The smallest absolute Gasteiger partial charge is 0.338 e. The SMILES string of the molecule is CCOC(=O)C1=C(C)N=c2s/c(=C/c3cc(Br)c(OCc4ccc([N+](=O)[O-])cc4)c([N+](=O)[O-])c3)c(=O)n2[C@H]1c1ccc(OC(C)C)c(OC)c1. The molecule has 0 saturated carbocycles. The number of hydrogen-bond acceptors (Lipinski definition) is 12. The number of aromatic nitrogens is 1. The van der Waals surface area contributed by atoms with Crippen LogP contribution in [-0.4, -0.2) is 40.2 Å². The van der Waals surface area contributed by atoms with Crippen LogP contribution in [0.25, 0.3) is 6.08 Å². The van der Waals surface area contributed by atoms with Crippen LogP contribution in [0.1, 0.15) is 50.4 Å². The number of rotatable bonds is 12. The number of fused-ring (bicyclic) bond motifs is 1. The van der Waals surface area contributed by atoms with Crippen LogP contribution in [0.15, 0.2) is 80.1 Å². The highest BCUT2D eigenvalue weighted by atomic mass is 79.9. The van der Waals surface area contributed by atoms with E-state index in [1.807, 2.05) is 13.8 Å². The van der Waals surface area contributed by atoms with Crippen molar-refractivity contribution in [2.75, 3.05) is 13.7 Å². The van der Waals surface area contributed by atoms with Crippen molar-refractivity contribution in [3.63, 3.8) is 0 Å². The van der Waals surface area contributed by atoms with Crippen LogP contribution in [0.5, 0.6) is 17.2 Å². The van der Waals surface area contributed by atoms with E-state index < -0.39 is 27.4 Å². The maximum absolute atomic E-state index is 14.1. The van der Waals surface area contributed by atoms with Gasteiger partial charge in [-0.2, -0.15) is 0 Å². The number of hydrogen-bond donors (Lipinski definition) is 0. The summed E-state index contributed by atoms with van der Waals surface area (Å²) in [6.07, 6.45) is 1.37. The standard InChI is InChI=1S/C34H31BrN4O10S/c1-6-47-33(41)29-19(4)36-34-37(30(29)22-9-12-26(49-18(2)3)27(16-22)46-5)32(40)28(50-34)15-21-13-24(35)31(25(14-21)39(44)45)48-17-20-7-10-23(11-8-20)38(42)43/h7-16,18,30H,6,17H2,1-5H3/b28-15+/t30-/m0/s1. The van der Waals surface area contributed by atoms with Crippen LogP contribution >= 0.6 is 27.3 Å². The Hall–Kier alpha value is -5.35. The van der Waals surface area contributed by atoms with Crippen molar-refractivity contribution >= 4 is 50.7 Å². The van der Waals surface area contributed by atoms with E-state index >= 15 is 0 Å². The second kappa shape index (κ2) is 15.0. The van der Waals surface area contributed by atoms with Crippen LogP contribution < -0.4 is 29.1 Å². The predicted molar refractivity (Wildman–Crippen MR) is 187 cm³/mol. The van der Waals surface area contributed by atoms with Gasteiger partial charge in [0.05, 0.1) is 56.0 Å². The van der Waals surface area contributed by atoms with Gasteiger partial charge in [-0.25, -0.2) is 9.79 Å². The molecule has 2 heterocycles. The lowest BCUT2D eigenvalue weighted by atomic mass is 9.95. The zero-order chi connectivity index (χ0) is 36.3. The van der Waals surface area contributed by atoms with E-state index in [0.29, 0.717) is 38.7 Å². The molecule has 5 rings (SSSR count). The molecular weight excluding hydrogens is 736 g/mol. The summed E-state index contributed by atoms with van der Waals surface area (Å²) < 4.78 is 24.5. The van der Waals surface area contributed by atoms with Gasteiger partial charge in [0.15, 0.2) is 16.3 Å². The van der Waals surface area contributed by atoms with Gasteiger partial charge in [-0.1, -0.05) is 17.4 Å². The van der Waals surface area contributed by atoms with Gasteiger partial charge in [0.1, 0.15) is 6.61 Å². The van der Waals surface area contributed by atoms with Crippen LogP contribution in [-0.2, 0) is 16.1 Å². The number of nitro groups is 2. The van der Waals surface area contributed by atoms with Gasteiger partial charge in [-0.15, -0.1) is 0 Å². The number of non-ortho nitro benzene ring substituents is 1. The molecule has 0 radical (unpaired) electrons. The maximum atomic E-state index is 14.1. The van der Waals surface area contributed by atoms with Gasteiger partial charge in [-0.3, -0.25) is 29.6 Å². The molecule has 0 bridgehead atoms. The van der Waals surface area contributed by atoms with E-state index in [9.17, 15) is 29.8 Å². The monoisotopic (exact) mass is 766 g/mol. The molecule has 50 heavy (non-hydrogen) atoms. The first-order valence-electron chi connectivity index (χ1n) is 15.2. The fourth-order valence-electron chi connectivity index (χ4n) is 5.29. The largest absolute Gasteiger partial charge is 0.493 e. The average molecular weight is 768 g/mol. The van der Waals surface area contributed by atoms with Gasteiger partial charge >= 0.3 is 11.7 Å². The van der Waals surface area contributed by atoms with E-state index in [-0.39, 0.29) is 51.0 Å². The van der Waals surface area contributed by atoms with Crippen LogP contribution in [0, 0.1) is 20.2 Å². The Labute approximate surface area is 297 Å². The van der Waals surface area contributed by atoms with Crippen molar-refractivity contribution in [1.82, 2.24) is 4.57 Å². The Morgan fingerprint density at radius 1 is 1.08 bits per heavy atom. The average Bonchev–Trinajstić information content (AvgIpc) is 3.37. The topological polar surface area (TPSA) is 175 Å². The van der Waals surface area contributed by atoms with Crippen LogP contribution in [0.3, 0.4) is 0 Å². The van der Waals surface area contributed by atoms with Gasteiger partial charge in [0.25, 0.3) is 11.2 Å². The number of thiazole rings is 1. The number of methoxy groups -OCH3 is 1. The molecule has 0 aliphatic carbocycles. The van der Waals surface area contributed by atoms with E-state index in [2.05, 4.69) is 20.9 Å². The Kier molecular flexibility index (Phi) is 10.8. The summed E-state index contributed by atoms with van der Waals surface area (Å²) in [5.74, 6) is 0.215. The molecule has 260 valence electrons. The fraction of sp³-hybridized carbons (Fsp3) is 0.265. The second-order valence-corrected chi connectivity index (χ2v) is 13.1. The molecular formula is C34H31BrN4O10S. The van der Waals surface area contributed by atoms with Gasteiger partial charge in [0, 0.05) is 18.2 Å². The first-order valence-corrected chi connectivity index (χ1v) is 16.8. The highest BCUT2D eigenvalue weighted by molar-refractivity contribution is 9.10. The molecule has 14 nitrogen and oxygen atoms in total. The predicted octanol–water partition coefficient (Wildman–Crippen LogP) is 5.75. The Morgan fingerprint density at radius 3 is 2.42 bits per heavy atom. The third-order valence-electron chi connectivity index (χ3n) is 7.45. The second-order valence-electron chi connectivity index (χ2n) is 11.2. The van der Waals surface area contributed by atoms with Crippen molar-refractivity contribution < 1.29 is 33.6 Å². The summed E-state index contributed by atoms with van der Waals surface area (Å²) in [6.45, 7) is 7.13. The summed E-state index contributed by atoms with van der Waals surface area (Å²) in [4.78, 5) is 54.3. The number of carbonyl (C=O) groups is 1. The van der Waals surface area contributed by atoms with Crippen molar-refractivity contribution in [2.45, 2.75) is 46.4 Å². The molecule has 0 fully saturated rings. The van der Waals surface area contributed by atoms with Crippen LogP contribution in [0.4, 0.5) is 11.4 Å². The molecule has 4 aromatic rings. The summed E-state index contributed by atoms with van der Waals surface area (Å²) in [5.41, 5.74) is 1.05. The zero-order valence-corrected chi connectivity index (χ0v) is 29.9. The first kappa shape index (κ1) is 35.9. The molecule has 0 N–H and O–H groups in total. The van der Waals surface area contributed by atoms with Gasteiger partial charge < -0.3 is 18.9 Å². The minimum Gasteiger partial charge on any atom is -0.493 e. The lowest BCUT2D eigenvalue weighted by Gasteiger charge is -2.25.